The first-order valence-corrected chi connectivity index (χ1v) is 5.10. The van der Waals surface area contributed by atoms with Gasteiger partial charge < -0.3 is 15.6 Å². The molecule has 0 heterocycles. The van der Waals surface area contributed by atoms with Crippen LogP contribution in [0.1, 0.15) is 18.5 Å². The molecule has 0 saturated carbocycles. The summed E-state index contributed by atoms with van der Waals surface area (Å²) in [7, 11) is 0. The number of hydrogen-bond donors (Lipinski definition) is 2. The van der Waals surface area contributed by atoms with Gasteiger partial charge in [0.25, 0.3) is 0 Å². The van der Waals surface area contributed by atoms with Gasteiger partial charge in [-0.2, -0.15) is 8.78 Å². The van der Waals surface area contributed by atoms with Crippen molar-refractivity contribution in [2.45, 2.75) is 18.9 Å². The topological polar surface area (TPSA) is 72.5 Å². The van der Waals surface area contributed by atoms with Gasteiger partial charge in [0.2, 0.25) is 0 Å². The first-order chi connectivity index (χ1) is 8.32. The number of alkyl halides is 2. The lowest BCUT2D eigenvalue weighted by atomic mass is 10.0. The summed E-state index contributed by atoms with van der Waals surface area (Å²) in [6.45, 7) is 1.12. The largest absolute Gasteiger partial charge is 0.505 e. The zero-order valence-corrected chi connectivity index (χ0v) is 10.7. The minimum Gasteiger partial charge on any atom is -0.505 e. The molecule has 1 aromatic carbocycles. The Labute approximate surface area is 113 Å². The van der Waals surface area contributed by atoms with Gasteiger partial charge in [-0.05, 0) is 13.0 Å². The average Bonchev–Trinajstić information content (AvgIpc) is 2.32. The van der Waals surface area contributed by atoms with Crippen molar-refractivity contribution >= 4 is 18.4 Å². The number of phenolic OH excluding ortho intramolecular Hbond substituents is 1. The highest BCUT2D eigenvalue weighted by Gasteiger charge is 2.48. The van der Waals surface area contributed by atoms with Gasteiger partial charge in [0.15, 0.2) is 11.6 Å². The normalized spacial score (nSPS) is 12.5. The summed E-state index contributed by atoms with van der Waals surface area (Å²) < 4.78 is 44.3. The van der Waals surface area contributed by atoms with Crippen molar-refractivity contribution in [1.29, 1.82) is 0 Å². The number of rotatable bonds is 4. The fourth-order valence-corrected chi connectivity index (χ4v) is 1.33. The first kappa shape index (κ1) is 17.5. The van der Waals surface area contributed by atoms with E-state index in [9.17, 15) is 23.1 Å². The minimum atomic E-state index is -4.05. The maximum Gasteiger partial charge on any atom is 0.379 e. The highest BCUT2D eigenvalue weighted by Crippen LogP contribution is 2.35. The highest BCUT2D eigenvalue weighted by molar-refractivity contribution is 5.85. The quantitative estimate of drug-likeness (QED) is 0.836. The highest BCUT2D eigenvalue weighted by atomic mass is 35.5. The summed E-state index contributed by atoms with van der Waals surface area (Å²) in [6, 6.07) is 0.808. The molecule has 8 heteroatoms. The number of carbonyl (C=O) groups is 1. The predicted octanol–water partition coefficient (Wildman–Crippen LogP) is 2.15. The van der Waals surface area contributed by atoms with Crippen LogP contribution < -0.4 is 5.73 Å². The lowest BCUT2D eigenvalue weighted by Crippen LogP contribution is -2.41. The number of benzene rings is 1. The van der Waals surface area contributed by atoms with Crippen LogP contribution in [0.5, 0.6) is 5.75 Å². The molecular weight excluding hydrogens is 287 g/mol. The zero-order valence-electron chi connectivity index (χ0n) is 9.90. The van der Waals surface area contributed by atoms with E-state index in [1.807, 2.05) is 0 Å². The SMILES string of the molecule is CCOC(=O)C(F)(F)[C@@H](N)c1cccc(F)c1O.Cl. The molecule has 1 atom stereocenters. The summed E-state index contributed by atoms with van der Waals surface area (Å²) in [5.41, 5.74) is 4.63. The second-order valence-electron chi connectivity index (χ2n) is 3.50. The monoisotopic (exact) mass is 299 g/mol. The molecule has 0 aliphatic carbocycles. The van der Waals surface area contributed by atoms with Gasteiger partial charge in [-0.1, -0.05) is 12.1 Å². The molecule has 0 bridgehead atoms. The minimum absolute atomic E-state index is 0. The molecule has 0 radical (unpaired) electrons. The Hall–Kier alpha value is -1.47. The van der Waals surface area contributed by atoms with E-state index in [0.717, 1.165) is 18.2 Å². The van der Waals surface area contributed by atoms with E-state index in [4.69, 9.17) is 5.73 Å². The van der Waals surface area contributed by atoms with Crippen molar-refractivity contribution in [3.05, 3.63) is 29.6 Å². The van der Waals surface area contributed by atoms with Crippen molar-refractivity contribution in [2.24, 2.45) is 5.73 Å². The van der Waals surface area contributed by atoms with Gasteiger partial charge in [-0.15, -0.1) is 12.4 Å². The van der Waals surface area contributed by atoms with Crippen LogP contribution in [0.25, 0.3) is 0 Å². The Bertz CT molecular complexity index is 457. The van der Waals surface area contributed by atoms with Crippen molar-refractivity contribution in [3.63, 3.8) is 0 Å². The summed E-state index contributed by atoms with van der Waals surface area (Å²) in [4.78, 5) is 11.0. The maximum absolute atomic E-state index is 13.6. The maximum atomic E-state index is 13.6. The molecular formula is C11H13ClF3NO3. The number of phenols is 1. The van der Waals surface area contributed by atoms with Crippen LogP contribution in [0.4, 0.5) is 13.2 Å². The Balaban J connectivity index is 0.00000324. The second kappa shape index (κ2) is 6.63. The second-order valence-corrected chi connectivity index (χ2v) is 3.50. The summed E-state index contributed by atoms with van der Waals surface area (Å²) in [5, 5.41) is 9.30. The zero-order chi connectivity index (χ0) is 13.9. The molecule has 1 aromatic rings. The number of hydrogen-bond acceptors (Lipinski definition) is 4. The number of para-hydroxylation sites is 1. The fourth-order valence-electron chi connectivity index (χ4n) is 1.33. The van der Waals surface area contributed by atoms with Crippen LogP contribution in [0.3, 0.4) is 0 Å². The molecule has 0 spiro atoms. The third-order valence-electron chi connectivity index (χ3n) is 2.29. The molecule has 0 unspecified atom stereocenters. The Kier molecular flexibility index (Phi) is 6.11. The molecule has 0 saturated heterocycles. The standard InChI is InChI=1S/C11H12F3NO3.ClH/c1-2-18-10(17)11(13,14)9(15)6-4-3-5-7(12)8(6)16;/h3-5,9,16H,2,15H2,1H3;1H/t9-;/m0./s1. The van der Waals surface area contributed by atoms with Crippen LogP contribution in [0.15, 0.2) is 18.2 Å². The molecule has 4 nitrogen and oxygen atoms in total. The van der Waals surface area contributed by atoms with Crippen LogP contribution in [-0.4, -0.2) is 23.6 Å². The molecule has 0 amide bonds. The van der Waals surface area contributed by atoms with Crippen LogP contribution in [0.2, 0.25) is 0 Å². The van der Waals surface area contributed by atoms with Gasteiger partial charge >= 0.3 is 11.9 Å². The lowest BCUT2D eigenvalue weighted by molar-refractivity contribution is -0.174. The molecule has 19 heavy (non-hydrogen) atoms. The van der Waals surface area contributed by atoms with E-state index in [2.05, 4.69) is 4.74 Å². The van der Waals surface area contributed by atoms with Gasteiger partial charge in [-0.3, -0.25) is 0 Å². The molecule has 1 rings (SSSR count). The third-order valence-corrected chi connectivity index (χ3v) is 2.29. The fraction of sp³-hybridized carbons (Fsp3) is 0.364. The third kappa shape index (κ3) is 3.51. The first-order valence-electron chi connectivity index (χ1n) is 5.10. The number of esters is 1. The van der Waals surface area contributed by atoms with Crippen molar-refractivity contribution in [2.75, 3.05) is 6.61 Å². The molecule has 0 fully saturated rings. The van der Waals surface area contributed by atoms with E-state index in [0.29, 0.717) is 0 Å². The van der Waals surface area contributed by atoms with Crippen molar-refractivity contribution < 1.29 is 27.8 Å². The Morgan fingerprint density at radius 3 is 2.63 bits per heavy atom. The van der Waals surface area contributed by atoms with Gasteiger partial charge in [0.05, 0.1) is 6.61 Å². The number of carbonyl (C=O) groups excluding carboxylic acids is 1. The van der Waals surface area contributed by atoms with Crippen molar-refractivity contribution in [1.82, 2.24) is 0 Å². The summed E-state index contributed by atoms with van der Waals surface area (Å²) >= 11 is 0. The van der Waals surface area contributed by atoms with E-state index in [1.165, 1.54) is 6.92 Å². The Morgan fingerprint density at radius 1 is 1.53 bits per heavy atom. The number of halogens is 4. The smallest absolute Gasteiger partial charge is 0.379 e. The predicted molar refractivity (Wildman–Crippen MR) is 63.8 cm³/mol. The van der Waals surface area contributed by atoms with Gasteiger partial charge in [0.1, 0.15) is 6.04 Å². The summed E-state index contributed by atoms with van der Waals surface area (Å²) in [6.07, 6.45) is 0. The summed E-state index contributed by atoms with van der Waals surface area (Å²) in [5.74, 6) is -7.97. The average molecular weight is 300 g/mol. The molecule has 0 aliphatic rings. The molecule has 3 N–H and O–H groups in total. The van der Waals surface area contributed by atoms with Crippen LogP contribution in [-0.2, 0) is 9.53 Å². The lowest BCUT2D eigenvalue weighted by Gasteiger charge is -2.22. The van der Waals surface area contributed by atoms with E-state index >= 15 is 0 Å². The van der Waals surface area contributed by atoms with Crippen molar-refractivity contribution in [3.8, 4) is 5.75 Å². The van der Waals surface area contributed by atoms with Crippen LogP contribution >= 0.6 is 12.4 Å². The van der Waals surface area contributed by atoms with E-state index in [1.54, 1.807) is 0 Å². The number of ether oxygens (including phenoxy) is 1. The number of aromatic hydroxyl groups is 1. The van der Waals surface area contributed by atoms with Crippen LogP contribution in [0, 0.1) is 5.82 Å². The van der Waals surface area contributed by atoms with E-state index in [-0.39, 0.29) is 19.0 Å². The molecule has 0 aliphatic heterocycles. The number of nitrogens with two attached hydrogens (primary N) is 1. The van der Waals surface area contributed by atoms with Gasteiger partial charge in [0, 0.05) is 5.56 Å². The van der Waals surface area contributed by atoms with Gasteiger partial charge in [-0.25, -0.2) is 9.18 Å². The molecule has 108 valence electrons. The van der Waals surface area contributed by atoms with E-state index < -0.39 is 35.1 Å². The Morgan fingerprint density at radius 2 is 2.11 bits per heavy atom. The molecule has 0 aromatic heterocycles.